The summed E-state index contributed by atoms with van der Waals surface area (Å²) in [5, 5.41) is 4.98. The van der Waals surface area contributed by atoms with Crippen molar-refractivity contribution >= 4 is 43.4 Å². The summed E-state index contributed by atoms with van der Waals surface area (Å²) < 4.78 is 72.1. The quantitative estimate of drug-likeness (QED) is 0.386. The molecular formula is C25H27FN4O8S2. The van der Waals surface area contributed by atoms with Crippen molar-refractivity contribution in [1.29, 1.82) is 0 Å². The smallest absolute Gasteiger partial charge is 0.325 e. The Bertz CT molecular complexity index is 1600. The molecule has 12 nitrogen and oxygen atoms in total. The van der Waals surface area contributed by atoms with Crippen LogP contribution in [0, 0.1) is 5.82 Å². The number of sulfonamides is 1. The molecule has 3 aliphatic rings. The van der Waals surface area contributed by atoms with Gasteiger partial charge in [-0.25, -0.2) is 26.0 Å². The van der Waals surface area contributed by atoms with E-state index in [2.05, 4.69) is 10.6 Å². The first kappa shape index (κ1) is 28.1. The molecule has 15 heteroatoms. The van der Waals surface area contributed by atoms with E-state index in [0.29, 0.717) is 4.90 Å². The lowest BCUT2D eigenvalue weighted by molar-refractivity contribution is -0.134. The zero-order chi connectivity index (χ0) is 29.0. The average molecular weight is 595 g/mol. The predicted molar refractivity (Wildman–Crippen MR) is 139 cm³/mol. The molecule has 0 bridgehead atoms. The fourth-order valence-electron chi connectivity index (χ4n) is 5.29. The van der Waals surface area contributed by atoms with Crippen LogP contribution in [-0.4, -0.2) is 81.5 Å². The van der Waals surface area contributed by atoms with E-state index >= 15 is 0 Å². The van der Waals surface area contributed by atoms with E-state index in [1.165, 1.54) is 28.6 Å². The number of carbonyl (C=O) groups excluding carboxylic acids is 3. The normalized spacial score (nSPS) is 26.4. The molecule has 2 aromatic carbocycles. The maximum atomic E-state index is 14.1. The van der Waals surface area contributed by atoms with Gasteiger partial charge in [-0.2, -0.15) is 4.31 Å². The minimum Gasteiger partial charge on any atom is -0.373 e. The van der Waals surface area contributed by atoms with Crippen LogP contribution in [0.1, 0.15) is 25.8 Å². The number of morpholine rings is 1. The van der Waals surface area contributed by atoms with Crippen LogP contribution >= 0.6 is 0 Å². The molecule has 0 saturated carbocycles. The second-order valence-corrected chi connectivity index (χ2v) is 14.1. The van der Waals surface area contributed by atoms with E-state index in [0.717, 1.165) is 18.2 Å². The molecule has 0 aliphatic carbocycles. The number of sulfone groups is 1. The highest BCUT2D eigenvalue weighted by Gasteiger charge is 2.56. The van der Waals surface area contributed by atoms with Gasteiger partial charge in [-0.3, -0.25) is 14.5 Å². The molecule has 1 spiro atoms. The fraction of sp³-hybridized carbons (Fsp3) is 0.400. The average Bonchev–Trinajstić information content (AvgIpc) is 3.11. The van der Waals surface area contributed by atoms with Crippen LogP contribution < -0.4 is 10.6 Å². The van der Waals surface area contributed by atoms with Crippen LogP contribution in [0.15, 0.2) is 52.3 Å². The first-order valence-corrected chi connectivity index (χ1v) is 15.5. The third-order valence-electron chi connectivity index (χ3n) is 7.12. The highest BCUT2D eigenvalue weighted by atomic mass is 32.2. The van der Waals surface area contributed by atoms with Crippen molar-refractivity contribution in [3.05, 3.63) is 53.8 Å². The van der Waals surface area contributed by atoms with Gasteiger partial charge in [-0.1, -0.05) is 0 Å². The van der Waals surface area contributed by atoms with Crippen LogP contribution in [0.3, 0.4) is 0 Å². The molecule has 0 radical (unpaired) electrons. The Morgan fingerprint density at radius 1 is 1.12 bits per heavy atom. The number of halogens is 1. The summed E-state index contributed by atoms with van der Waals surface area (Å²) in [4.78, 5) is 39.3. The Kier molecular flexibility index (Phi) is 6.97. The van der Waals surface area contributed by atoms with Gasteiger partial charge in [0, 0.05) is 24.3 Å². The molecule has 0 aromatic heterocycles. The van der Waals surface area contributed by atoms with E-state index in [4.69, 9.17) is 4.74 Å². The number of nitrogens with zero attached hydrogens (tertiary/aromatic N) is 2. The van der Waals surface area contributed by atoms with Gasteiger partial charge >= 0.3 is 6.03 Å². The first-order valence-electron chi connectivity index (χ1n) is 12.5. The first-order chi connectivity index (χ1) is 18.7. The Balaban J connectivity index is 1.30. The molecule has 3 atom stereocenters. The van der Waals surface area contributed by atoms with Crippen molar-refractivity contribution in [2.75, 3.05) is 30.7 Å². The summed E-state index contributed by atoms with van der Waals surface area (Å²) >= 11 is 0. The lowest BCUT2D eigenvalue weighted by Crippen LogP contribution is -2.49. The summed E-state index contributed by atoms with van der Waals surface area (Å²) in [6, 6.07) is 7.44. The monoisotopic (exact) mass is 594 g/mol. The van der Waals surface area contributed by atoms with Gasteiger partial charge in [0.05, 0.1) is 27.8 Å². The number of hydrogen-bond donors (Lipinski definition) is 2. The number of anilines is 1. The molecule has 4 amide bonds. The fourth-order valence-corrected chi connectivity index (χ4v) is 8.52. The van der Waals surface area contributed by atoms with E-state index in [1.54, 1.807) is 13.8 Å². The van der Waals surface area contributed by atoms with Gasteiger partial charge in [-0.15, -0.1) is 0 Å². The minimum absolute atomic E-state index is 0.0287. The summed E-state index contributed by atoms with van der Waals surface area (Å²) in [5.41, 5.74) is -1.77. The van der Waals surface area contributed by atoms with Crippen LogP contribution in [-0.2, 0) is 39.7 Å². The standard InChI is InChI=1S/C25H27FN4O8S2/c1-15-12-29(13-16(2)38-15)40(36,37)19-6-4-18(5-7-19)27-22(31)14-30-23(32)25(28-24(30)33)9-10-39(34,35)21-8-3-17(26)11-20(21)25/h3-8,11,15-16H,9-10,12-14H2,1-2H3,(H,27,31)(H,28,33)/t15-,16+,25-/m0/s1. The second kappa shape index (κ2) is 9.90. The van der Waals surface area contributed by atoms with Crippen molar-refractivity contribution < 1.29 is 40.3 Å². The zero-order valence-electron chi connectivity index (χ0n) is 21.6. The van der Waals surface area contributed by atoms with Gasteiger partial charge in [0.25, 0.3) is 5.91 Å². The van der Waals surface area contributed by atoms with Crippen molar-refractivity contribution in [2.45, 2.75) is 47.8 Å². The van der Waals surface area contributed by atoms with Gasteiger partial charge in [-0.05, 0) is 62.7 Å². The molecule has 214 valence electrons. The second-order valence-electron chi connectivity index (χ2n) is 10.1. The number of hydrogen-bond acceptors (Lipinski definition) is 8. The van der Waals surface area contributed by atoms with Gasteiger partial charge in [0.1, 0.15) is 17.9 Å². The third kappa shape index (κ3) is 4.87. The summed E-state index contributed by atoms with van der Waals surface area (Å²) in [5.74, 6) is -2.86. The van der Waals surface area contributed by atoms with Crippen LogP contribution in [0.2, 0.25) is 0 Å². The topological polar surface area (TPSA) is 159 Å². The lowest BCUT2D eigenvalue weighted by atomic mass is 9.86. The molecule has 2 saturated heterocycles. The highest BCUT2D eigenvalue weighted by Crippen LogP contribution is 2.41. The highest BCUT2D eigenvalue weighted by molar-refractivity contribution is 7.91. The predicted octanol–water partition coefficient (Wildman–Crippen LogP) is 1.19. The van der Waals surface area contributed by atoms with Crippen molar-refractivity contribution in [2.24, 2.45) is 0 Å². The lowest BCUT2D eigenvalue weighted by Gasteiger charge is -2.34. The van der Waals surface area contributed by atoms with Crippen LogP contribution in [0.25, 0.3) is 0 Å². The van der Waals surface area contributed by atoms with Crippen LogP contribution in [0.5, 0.6) is 0 Å². The third-order valence-corrected chi connectivity index (χ3v) is 10.7. The maximum absolute atomic E-state index is 14.1. The number of imide groups is 1. The van der Waals surface area contributed by atoms with E-state index in [-0.39, 0.29) is 52.8 Å². The Morgan fingerprint density at radius 2 is 1.77 bits per heavy atom. The number of rotatable bonds is 5. The van der Waals surface area contributed by atoms with Gasteiger partial charge < -0.3 is 15.4 Å². The van der Waals surface area contributed by atoms with Crippen molar-refractivity contribution in [3.8, 4) is 0 Å². The van der Waals surface area contributed by atoms with E-state index in [1.807, 2.05) is 0 Å². The molecule has 40 heavy (non-hydrogen) atoms. The maximum Gasteiger partial charge on any atom is 0.325 e. The molecular weight excluding hydrogens is 567 g/mol. The summed E-state index contributed by atoms with van der Waals surface area (Å²) in [6.45, 7) is 3.30. The number of benzene rings is 2. The number of nitrogens with one attached hydrogen (secondary N) is 2. The van der Waals surface area contributed by atoms with Crippen LogP contribution in [0.4, 0.5) is 14.9 Å². The van der Waals surface area contributed by atoms with Crippen molar-refractivity contribution in [1.82, 2.24) is 14.5 Å². The molecule has 5 rings (SSSR count). The molecule has 2 N–H and O–H groups in total. The molecule has 3 heterocycles. The SMILES string of the molecule is C[C@@H]1CN(S(=O)(=O)c2ccc(NC(=O)CN3C(=O)N[C@]4(CCS(=O)(=O)c5ccc(F)cc54)C3=O)cc2)C[C@H](C)O1. The molecule has 3 aliphatic heterocycles. The van der Waals surface area contributed by atoms with Crippen molar-refractivity contribution in [3.63, 3.8) is 0 Å². The van der Waals surface area contributed by atoms with E-state index in [9.17, 15) is 35.6 Å². The number of ether oxygens (including phenoxy) is 1. The number of carbonyl (C=O) groups is 3. The largest absolute Gasteiger partial charge is 0.373 e. The van der Waals surface area contributed by atoms with Gasteiger partial charge in [0.2, 0.25) is 15.9 Å². The molecule has 2 fully saturated rings. The van der Waals surface area contributed by atoms with Gasteiger partial charge in [0.15, 0.2) is 9.84 Å². The Labute approximate surface area is 230 Å². The minimum atomic E-state index is -3.79. The number of fused-ring (bicyclic) bond motifs is 2. The summed E-state index contributed by atoms with van der Waals surface area (Å²) in [6.07, 6.45) is -0.829. The zero-order valence-corrected chi connectivity index (χ0v) is 23.2. The summed E-state index contributed by atoms with van der Waals surface area (Å²) in [7, 11) is -7.58. The number of amides is 4. The van der Waals surface area contributed by atoms with E-state index < -0.39 is 61.4 Å². The Hall–Kier alpha value is -3.40. The Morgan fingerprint density at radius 3 is 2.42 bits per heavy atom. The molecule has 0 unspecified atom stereocenters. The number of urea groups is 1. The molecule has 2 aromatic rings.